The Labute approximate surface area is 174 Å². The standard InChI is InChI=1S/C22H22N2O6/c1-2-3-12-28-22(27)16-8-10-18(11-9-16)24-20(25)14-30-21(26)15-29-19-7-5-4-6-17(19)13-23/h4-11H,2-3,12,14-15H2,1H3,(H,24,25). The molecule has 1 N–H and O–H groups in total. The number of nitriles is 1. The van der Waals surface area contributed by atoms with Crippen LogP contribution in [0.1, 0.15) is 35.7 Å². The molecular weight excluding hydrogens is 388 g/mol. The molecule has 0 saturated carbocycles. The first kappa shape index (κ1) is 22.4. The highest BCUT2D eigenvalue weighted by Crippen LogP contribution is 2.16. The largest absolute Gasteiger partial charge is 0.481 e. The Bertz CT molecular complexity index is 918. The molecule has 30 heavy (non-hydrogen) atoms. The number of anilines is 1. The summed E-state index contributed by atoms with van der Waals surface area (Å²) in [6.45, 7) is 1.44. The van der Waals surface area contributed by atoms with Crippen LogP contribution in [-0.4, -0.2) is 37.7 Å². The van der Waals surface area contributed by atoms with Gasteiger partial charge in [-0.3, -0.25) is 4.79 Å². The van der Waals surface area contributed by atoms with E-state index in [-0.39, 0.29) is 5.75 Å². The molecule has 8 nitrogen and oxygen atoms in total. The second-order valence-electron chi connectivity index (χ2n) is 6.17. The Morgan fingerprint density at radius 3 is 2.43 bits per heavy atom. The molecule has 0 aliphatic carbocycles. The molecule has 0 spiro atoms. The van der Waals surface area contributed by atoms with Crippen LogP contribution in [0.5, 0.6) is 5.75 Å². The Kier molecular flexibility index (Phi) is 8.87. The molecule has 0 atom stereocenters. The van der Waals surface area contributed by atoms with E-state index in [0.29, 0.717) is 23.4 Å². The number of benzene rings is 2. The monoisotopic (exact) mass is 410 g/mol. The first-order chi connectivity index (χ1) is 14.5. The lowest BCUT2D eigenvalue weighted by Crippen LogP contribution is -2.23. The lowest BCUT2D eigenvalue weighted by molar-refractivity contribution is -0.149. The van der Waals surface area contributed by atoms with Gasteiger partial charge in [-0.25, -0.2) is 9.59 Å². The number of hydrogen-bond acceptors (Lipinski definition) is 7. The van der Waals surface area contributed by atoms with Crippen molar-refractivity contribution in [2.45, 2.75) is 19.8 Å². The van der Waals surface area contributed by atoms with E-state index in [9.17, 15) is 14.4 Å². The minimum Gasteiger partial charge on any atom is -0.481 e. The predicted octanol–water partition coefficient (Wildman–Crippen LogP) is 3.08. The van der Waals surface area contributed by atoms with Gasteiger partial charge in [0.2, 0.25) is 0 Å². The van der Waals surface area contributed by atoms with E-state index < -0.39 is 31.1 Å². The third-order valence-electron chi connectivity index (χ3n) is 3.85. The van der Waals surface area contributed by atoms with Gasteiger partial charge in [0.25, 0.3) is 5.91 Å². The van der Waals surface area contributed by atoms with Gasteiger partial charge in [0.05, 0.1) is 17.7 Å². The Hall–Kier alpha value is -3.86. The highest BCUT2D eigenvalue weighted by Gasteiger charge is 2.11. The molecular formula is C22H22N2O6. The van der Waals surface area contributed by atoms with Crippen molar-refractivity contribution in [1.29, 1.82) is 5.26 Å². The Balaban J connectivity index is 1.74. The maximum atomic E-state index is 11.9. The van der Waals surface area contributed by atoms with Gasteiger partial charge < -0.3 is 19.5 Å². The van der Waals surface area contributed by atoms with Crippen molar-refractivity contribution in [3.8, 4) is 11.8 Å². The van der Waals surface area contributed by atoms with Crippen molar-refractivity contribution in [3.63, 3.8) is 0 Å². The van der Waals surface area contributed by atoms with E-state index in [1.165, 1.54) is 12.1 Å². The summed E-state index contributed by atoms with van der Waals surface area (Å²) in [5.41, 5.74) is 1.12. The highest BCUT2D eigenvalue weighted by atomic mass is 16.6. The van der Waals surface area contributed by atoms with Gasteiger partial charge in [0, 0.05) is 5.69 Å². The van der Waals surface area contributed by atoms with Crippen LogP contribution in [-0.2, 0) is 19.1 Å². The van der Waals surface area contributed by atoms with E-state index in [2.05, 4.69) is 5.32 Å². The molecule has 0 fully saturated rings. The molecule has 2 rings (SSSR count). The van der Waals surface area contributed by atoms with E-state index in [1.807, 2.05) is 13.0 Å². The molecule has 2 aromatic carbocycles. The van der Waals surface area contributed by atoms with Crippen molar-refractivity contribution in [1.82, 2.24) is 0 Å². The summed E-state index contributed by atoms with van der Waals surface area (Å²) in [6.07, 6.45) is 1.73. The van der Waals surface area contributed by atoms with Crippen LogP contribution in [0, 0.1) is 11.3 Å². The summed E-state index contributed by atoms with van der Waals surface area (Å²) in [5, 5.41) is 11.5. The number of amides is 1. The molecule has 0 aliphatic heterocycles. The first-order valence-corrected chi connectivity index (χ1v) is 9.38. The van der Waals surface area contributed by atoms with Gasteiger partial charge in [0.1, 0.15) is 11.8 Å². The number of ether oxygens (including phenoxy) is 3. The fraction of sp³-hybridized carbons (Fsp3) is 0.273. The molecule has 0 bridgehead atoms. The quantitative estimate of drug-likeness (QED) is 0.473. The zero-order valence-electron chi connectivity index (χ0n) is 16.6. The molecule has 2 aromatic rings. The van der Waals surface area contributed by atoms with Gasteiger partial charge in [-0.2, -0.15) is 5.26 Å². The second-order valence-corrected chi connectivity index (χ2v) is 6.17. The summed E-state index contributed by atoms with van der Waals surface area (Å²) in [5.74, 6) is -1.45. The SMILES string of the molecule is CCCCOC(=O)c1ccc(NC(=O)COC(=O)COc2ccccc2C#N)cc1. The maximum Gasteiger partial charge on any atom is 0.344 e. The molecule has 0 heterocycles. The van der Waals surface area contributed by atoms with E-state index in [1.54, 1.807) is 36.4 Å². The van der Waals surface area contributed by atoms with Gasteiger partial charge >= 0.3 is 11.9 Å². The molecule has 0 saturated heterocycles. The smallest absolute Gasteiger partial charge is 0.344 e. The minimum absolute atomic E-state index is 0.259. The van der Waals surface area contributed by atoms with Crippen LogP contribution >= 0.6 is 0 Å². The minimum atomic E-state index is -0.747. The van der Waals surface area contributed by atoms with Crippen LogP contribution in [0.25, 0.3) is 0 Å². The van der Waals surface area contributed by atoms with Crippen molar-refractivity contribution in [2.75, 3.05) is 25.1 Å². The number of unbranched alkanes of at least 4 members (excludes halogenated alkanes) is 1. The summed E-state index contributed by atoms with van der Waals surface area (Å²) in [7, 11) is 0. The molecule has 0 aromatic heterocycles. The summed E-state index contributed by atoms with van der Waals surface area (Å²) >= 11 is 0. The molecule has 0 unspecified atom stereocenters. The second kappa shape index (κ2) is 11.9. The van der Waals surface area contributed by atoms with E-state index >= 15 is 0 Å². The zero-order valence-corrected chi connectivity index (χ0v) is 16.6. The number of carbonyl (C=O) groups excluding carboxylic acids is 3. The van der Waals surface area contributed by atoms with Gasteiger partial charge in [0.15, 0.2) is 13.2 Å². The van der Waals surface area contributed by atoms with Crippen LogP contribution in [0.15, 0.2) is 48.5 Å². The maximum absolute atomic E-state index is 11.9. The number of nitrogens with one attached hydrogen (secondary N) is 1. The topological polar surface area (TPSA) is 115 Å². The highest BCUT2D eigenvalue weighted by molar-refractivity contribution is 5.94. The molecule has 8 heteroatoms. The third-order valence-corrected chi connectivity index (χ3v) is 3.85. The summed E-state index contributed by atoms with van der Waals surface area (Å²) in [4.78, 5) is 35.5. The van der Waals surface area contributed by atoms with Crippen molar-refractivity contribution in [3.05, 3.63) is 59.7 Å². The fourth-order valence-corrected chi connectivity index (χ4v) is 2.29. The first-order valence-electron chi connectivity index (χ1n) is 9.38. The van der Waals surface area contributed by atoms with E-state index in [0.717, 1.165) is 12.8 Å². The van der Waals surface area contributed by atoms with Gasteiger partial charge in [-0.05, 0) is 42.8 Å². The average Bonchev–Trinajstić information content (AvgIpc) is 2.77. The molecule has 156 valence electrons. The average molecular weight is 410 g/mol. The van der Waals surface area contributed by atoms with Crippen molar-refractivity contribution in [2.24, 2.45) is 0 Å². The van der Waals surface area contributed by atoms with Crippen LogP contribution in [0.3, 0.4) is 0 Å². The number of hydrogen-bond donors (Lipinski definition) is 1. The molecule has 0 aliphatic rings. The van der Waals surface area contributed by atoms with Crippen molar-refractivity contribution >= 4 is 23.5 Å². The van der Waals surface area contributed by atoms with Crippen molar-refractivity contribution < 1.29 is 28.6 Å². The number of carbonyl (C=O) groups is 3. The Morgan fingerprint density at radius 1 is 1.00 bits per heavy atom. The Morgan fingerprint density at radius 2 is 1.73 bits per heavy atom. The van der Waals surface area contributed by atoms with E-state index in [4.69, 9.17) is 19.5 Å². The molecule has 0 radical (unpaired) electrons. The molecule has 1 amide bonds. The number of nitrogens with zero attached hydrogens (tertiary/aromatic N) is 1. The zero-order chi connectivity index (χ0) is 21.8. The van der Waals surface area contributed by atoms with Crippen LogP contribution in [0.4, 0.5) is 5.69 Å². The summed E-state index contributed by atoms with van der Waals surface area (Å²) in [6, 6.07) is 14.6. The van der Waals surface area contributed by atoms with Crippen LogP contribution < -0.4 is 10.1 Å². The third kappa shape index (κ3) is 7.28. The number of rotatable bonds is 10. The fourth-order valence-electron chi connectivity index (χ4n) is 2.29. The lowest BCUT2D eigenvalue weighted by atomic mass is 10.2. The number of esters is 2. The van der Waals surface area contributed by atoms with Gasteiger partial charge in [-0.1, -0.05) is 25.5 Å². The lowest BCUT2D eigenvalue weighted by Gasteiger charge is -2.09. The predicted molar refractivity (Wildman–Crippen MR) is 108 cm³/mol. The number of para-hydroxylation sites is 1. The van der Waals surface area contributed by atoms with Crippen LogP contribution in [0.2, 0.25) is 0 Å². The normalized spacial score (nSPS) is 9.87. The van der Waals surface area contributed by atoms with Gasteiger partial charge in [-0.15, -0.1) is 0 Å². The summed E-state index contributed by atoms with van der Waals surface area (Å²) < 4.78 is 15.2.